The van der Waals surface area contributed by atoms with E-state index < -0.39 is 6.09 Å². The maximum atomic E-state index is 10.3. The maximum absolute atomic E-state index is 10.3. The summed E-state index contributed by atoms with van der Waals surface area (Å²) < 4.78 is 4.89. The van der Waals surface area contributed by atoms with Crippen molar-refractivity contribution in [1.29, 1.82) is 0 Å². The molecule has 0 spiro atoms. The van der Waals surface area contributed by atoms with E-state index in [1.54, 1.807) is 0 Å². The number of benzene rings is 1. The van der Waals surface area contributed by atoms with Gasteiger partial charge in [-0.25, -0.2) is 4.79 Å². The van der Waals surface area contributed by atoms with E-state index in [1.165, 1.54) is 19.2 Å². The zero-order chi connectivity index (χ0) is 10.7. The minimum atomic E-state index is -1.20. The predicted octanol–water partition coefficient (Wildman–Crippen LogP) is 3.09. The van der Waals surface area contributed by atoms with Crippen LogP contribution >= 0.6 is 23.2 Å². The Kier molecular flexibility index (Phi) is 3.43. The van der Waals surface area contributed by atoms with Crippen LogP contribution in [0.2, 0.25) is 10.0 Å². The number of hydrogen-bond acceptors (Lipinski definition) is 2. The monoisotopic (exact) mass is 235 g/mol. The summed E-state index contributed by atoms with van der Waals surface area (Å²) in [5, 5.41) is 11.1. The number of carboxylic acid groups (broad SMARTS) is 1. The Hall–Kier alpha value is -1.13. The Morgan fingerprint density at radius 3 is 2.57 bits per heavy atom. The van der Waals surface area contributed by atoms with E-state index in [9.17, 15) is 4.79 Å². The first-order valence-corrected chi connectivity index (χ1v) is 4.33. The molecule has 0 heterocycles. The lowest BCUT2D eigenvalue weighted by Crippen LogP contribution is -2.07. The topological polar surface area (TPSA) is 58.6 Å². The van der Waals surface area contributed by atoms with Gasteiger partial charge in [0.1, 0.15) is 5.75 Å². The summed E-state index contributed by atoms with van der Waals surface area (Å²) in [5.41, 5.74) is 0.227. The molecule has 0 bridgehead atoms. The van der Waals surface area contributed by atoms with Gasteiger partial charge in [-0.3, -0.25) is 5.32 Å². The SMILES string of the molecule is COc1cc(Cl)c(NC(=O)O)cc1Cl. The van der Waals surface area contributed by atoms with Gasteiger partial charge in [-0.15, -0.1) is 0 Å². The largest absolute Gasteiger partial charge is 0.495 e. The van der Waals surface area contributed by atoms with Crippen molar-refractivity contribution >= 4 is 35.0 Å². The molecule has 76 valence electrons. The molecule has 1 rings (SSSR count). The third-order valence-electron chi connectivity index (χ3n) is 1.48. The molecule has 6 heteroatoms. The molecule has 0 unspecified atom stereocenters. The number of carbonyl (C=O) groups is 1. The second-order valence-corrected chi connectivity index (χ2v) is 3.21. The van der Waals surface area contributed by atoms with Crippen LogP contribution in [-0.4, -0.2) is 18.3 Å². The molecule has 1 aromatic rings. The average Bonchev–Trinajstić information content (AvgIpc) is 2.10. The number of methoxy groups -OCH3 is 1. The van der Waals surface area contributed by atoms with Crippen LogP contribution in [0.15, 0.2) is 12.1 Å². The van der Waals surface area contributed by atoms with Crippen LogP contribution in [0.3, 0.4) is 0 Å². The van der Waals surface area contributed by atoms with E-state index >= 15 is 0 Å². The summed E-state index contributed by atoms with van der Waals surface area (Å²) in [7, 11) is 1.45. The number of nitrogens with one attached hydrogen (secondary N) is 1. The number of rotatable bonds is 2. The molecule has 0 saturated carbocycles. The van der Waals surface area contributed by atoms with Gasteiger partial charge in [0.25, 0.3) is 0 Å². The van der Waals surface area contributed by atoms with Crippen molar-refractivity contribution < 1.29 is 14.6 Å². The predicted molar refractivity (Wildman–Crippen MR) is 54.7 cm³/mol. The highest BCUT2D eigenvalue weighted by Crippen LogP contribution is 2.33. The molecule has 0 atom stereocenters. The lowest BCUT2D eigenvalue weighted by molar-refractivity contribution is 0.209. The first-order valence-electron chi connectivity index (χ1n) is 3.57. The van der Waals surface area contributed by atoms with Crippen LogP contribution in [0, 0.1) is 0 Å². The van der Waals surface area contributed by atoms with Crippen LogP contribution in [-0.2, 0) is 0 Å². The van der Waals surface area contributed by atoms with Gasteiger partial charge < -0.3 is 9.84 Å². The number of amides is 1. The number of anilines is 1. The van der Waals surface area contributed by atoms with Crippen molar-refractivity contribution in [1.82, 2.24) is 0 Å². The Morgan fingerprint density at radius 1 is 1.43 bits per heavy atom. The zero-order valence-corrected chi connectivity index (χ0v) is 8.69. The molecule has 14 heavy (non-hydrogen) atoms. The van der Waals surface area contributed by atoms with Crippen molar-refractivity contribution in [2.45, 2.75) is 0 Å². The molecule has 0 aliphatic heterocycles. The van der Waals surface area contributed by atoms with Crippen molar-refractivity contribution in [3.8, 4) is 5.75 Å². The minimum Gasteiger partial charge on any atom is -0.495 e. The summed E-state index contributed by atoms with van der Waals surface area (Å²) in [6.07, 6.45) is -1.20. The first-order chi connectivity index (χ1) is 6.54. The van der Waals surface area contributed by atoms with Gasteiger partial charge >= 0.3 is 6.09 Å². The van der Waals surface area contributed by atoms with Gasteiger partial charge in [0.15, 0.2) is 0 Å². The Labute approximate surface area is 90.4 Å². The molecule has 0 aromatic heterocycles. The van der Waals surface area contributed by atoms with Gasteiger partial charge in [0.05, 0.1) is 22.8 Å². The minimum absolute atomic E-state index is 0.227. The fraction of sp³-hybridized carbons (Fsp3) is 0.125. The fourth-order valence-electron chi connectivity index (χ4n) is 0.896. The highest BCUT2D eigenvalue weighted by Gasteiger charge is 2.09. The molecule has 0 aliphatic carbocycles. The van der Waals surface area contributed by atoms with Crippen LogP contribution < -0.4 is 10.1 Å². The van der Waals surface area contributed by atoms with Gasteiger partial charge in [0, 0.05) is 6.07 Å². The third-order valence-corrected chi connectivity index (χ3v) is 2.09. The quantitative estimate of drug-likeness (QED) is 0.829. The van der Waals surface area contributed by atoms with Gasteiger partial charge in [-0.2, -0.15) is 0 Å². The molecule has 0 radical (unpaired) electrons. The Morgan fingerprint density at radius 2 is 2.07 bits per heavy atom. The van der Waals surface area contributed by atoms with E-state index in [1.807, 2.05) is 0 Å². The molecule has 0 aliphatic rings. The van der Waals surface area contributed by atoms with Crippen LogP contribution in [0.25, 0.3) is 0 Å². The molecular formula is C8H7Cl2NO3. The summed E-state index contributed by atoms with van der Waals surface area (Å²) in [6, 6.07) is 2.83. The van der Waals surface area contributed by atoms with Crippen LogP contribution in [0.1, 0.15) is 0 Å². The first kappa shape index (κ1) is 10.9. The lowest BCUT2D eigenvalue weighted by atomic mass is 10.3. The second-order valence-electron chi connectivity index (χ2n) is 2.40. The van der Waals surface area contributed by atoms with Gasteiger partial charge in [-0.1, -0.05) is 23.2 Å². The van der Waals surface area contributed by atoms with E-state index in [4.69, 9.17) is 33.0 Å². The summed E-state index contributed by atoms with van der Waals surface area (Å²) in [6.45, 7) is 0. The Bertz CT molecular complexity index is 368. The highest BCUT2D eigenvalue weighted by atomic mass is 35.5. The zero-order valence-electron chi connectivity index (χ0n) is 7.17. The lowest BCUT2D eigenvalue weighted by Gasteiger charge is -2.07. The van der Waals surface area contributed by atoms with Gasteiger partial charge in [-0.05, 0) is 6.07 Å². The molecule has 1 amide bonds. The van der Waals surface area contributed by atoms with Crippen LogP contribution in [0.5, 0.6) is 5.75 Å². The smallest absolute Gasteiger partial charge is 0.409 e. The summed E-state index contributed by atoms with van der Waals surface area (Å²) in [4.78, 5) is 10.3. The molecule has 1 aromatic carbocycles. The molecule has 0 fully saturated rings. The van der Waals surface area contributed by atoms with E-state index in [2.05, 4.69) is 5.32 Å². The maximum Gasteiger partial charge on any atom is 0.409 e. The van der Waals surface area contributed by atoms with E-state index in [-0.39, 0.29) is 10.7 Å². The number of halogens is 2. The normalized spacial score (nSPS) is 9.64. The standard InChI is InChI=1S/C8H7Cl2NO3/c1-14-7-3-4(9)6(2-5(7)10)11-8(12)13/h2-3,11H,1H3,(H,12,13). The molecule has 4 nitrogen and oxygen atoms in total. The second kappa shape index (κ2) is 4.39. The summed E-state index contributed by atoms with van der Waals surface area (Å²) in [5.74, 6) is 0.396. The molecular weight excluding hydrogens is 229 g/mol. The number of hydrogen-bond donors (Lipinski definition) is 2. The van der Waals surface area contributed by atoms with Crippen LogP contribution in [0.4, 0.5) is 10.5 Å². The number of ether oxygens (including phenoxy) is 1. The van der Waals surface area contributed by atoms with Crippen molar-refractivity contribution in [3.63, 3.8) is 0 Å². The molecule has 0 saturated heterocycles. The average molecular weight is 236 g/mol. The third kappa shape index (κ3) is 2.43. The fourth-order valence-corrected chi connectivity index (χ4v) is 1.34. The van der Waals surface area contributed by atoms with E-state index in [0.717, 1.165) is 0 Å². The van der Waals surface area contributed by atoms with E-state index in [0.29, 0.717) is 10.8 Å². The Balaban J connectivity index is 3.08. The van der Waals surface area contributed by atoms with Crippen molar-refractivity contribution in [2.24, 2.45) is 0 Å². The van der Waals surface area contributed by atoms with Gasteiger partial charge in [0.2, 0.25) is 0 Å². The van der Waals surface area contributed by atoms with Crippen molar-refractivity contribution in [3.05, 3.63) is 22.2 Å². The highest BCUT2D eigenvalue weighted by molar-refractivity contribution is 6.36. The van der Waals surface area contributed by atoms with Crippen molar-refractivity contribution in [2.75, 3.05) is 12.4 Å². The summed E-state index contributed by atoms with van der Waals surface area (Å²) >= 11 is 11.5. The molecule has 2 N–H and O–H groups in total.